The van der Waals surface area contributed by atoms with Crippen molar-refractivity contribution in [1.82, 2.24) is 0 Å². The minimum Gasteiger partial charge on any atom is -0.408 e. The highest BCUT2D eigenvalue weighted by atomic mass is 31.2. The van der Waals surface area contributed by atoms with E-state index in [9.17, 15) is 0 Å². The molecule has 0 unspecified atom stereocenters. The van der Waals surface area contributed by atoms with E-state index in [1.807, 2.05) is 109 Å². The normalized spacial score (nSPS) is 13.9. The van der Waals surface area contributed by atoms with Gasteiger partial charge in [-0.1, -0.05) is 109 Å². The van der Waals surface area contributed by atoms with Crippen molar-refractivity contribution in [1.29, 1.82) is 0 Å². The maximum atomic E-state index is 6.72. The van der Waals surface area contributed by atoms with Crippen LogP contribution < -0.4 is 27.1 Å². The van der Waals surface area contributed by atoms with Crippen molar-refractivity contribution in [2.75, 3.05) is 0 Å². The number of rotatable bonds is 5. The Morgan fingerprint density at radius 1 is 0.333 bits per heavy atom. The van der Waals surface area contributed by atoms with E-state index < -0.39 is 17.2 Å². The van der Waals surface area contributed by atoms with Crippen molar-refractivity contribution < 1.29 is 27.1 Å². The largest absolute Gasteiger partial charge is 0.530 e. The third-order valence-electron chi connectivity index (χ3n) is 8.73. The molecule has 0 N–H and O–H groups in total. The van der Waals surface area contributed by atoms with Gasteiger partial charge >= 0.3 is 17.2 Å². The minimum absolute atomic E-state index is 0.612. The quantitative estimate of drug-likeness (QED) is 0.171. The van der Waals surface area contributed by atoms with Gasteiger partial charge in [0.2, 0.25) is 0 Å². The van der Waals surface area contributed by atoms with Crippen LogP contribution in [0.15, 0.2) is 146 Å². The molecule has 6 nitrogen and oxygen atoms in total. The number of benzene rings is 8. The maximum Gasteiger partial charge on any atom is 0.530 e. The molecule has 8 aromatic rings. The van der Waals surface area contributed by atoms with Gasteiger partial charge in [0.15, 0.2) is 0 Å². The van der Waals surface area contributed by atoms with Crippen molar-refractivity contribution in [2.45, 2.75) is 0 Å². The monoisotopic (exact) mass is 662 g/mol. The molecular formula is C40H24O6P2. The molecule has 0 saturated heterocycles. The summed E-state index contributed by atoms with van der Waals surface area (Å²) in [5.41, 5.74) is 1.72. The third-order valence-corrected chi connectivity index (χ3v) is 10.8. The molecule has 2 aliphatic heterocycles. The molecule has 48 heavy (non-hydrogen) atoms. The SMILES string of the molecule is c1ccc2c(-c3c(OP4Oc5cccc6cccc(c56)O4)ccc4ccccc34)c(OP3Oc4cccc5cccc(c45)O3)ccc2c1. The summed E-state index contributed by atoms with van der Waals surface area (Å²) >= 11 is 0. The first kappa shape index (κ1) is 27.6. The Labute approximate surface area is 278 Å². The molecular weight excluding hydrogens is 638 g/mol. The summed E-state index contributed by atoms with van der Waals surface area (Å²) in [4.78, 5) is 0. The van der Waals surface area contributed by atoms with Gasteiger partial charge in [-0.15, -0.1) is 0 Å². The van der Waals surface area contributed by atoms with Crippen LogP contribution in [0.2, 0.25) is 0 Å². The fourth-order valence-electron chi connectivity index (χ4n) is 6.62. The lowest BCUT2D eigenvalue weighted by molar-refractivity contribution is 0.379. The summed E-state index contributed by atoms with van der Waals surface area (Å²) in [6, 6.07) is 48.6. The lowest BCUT2D eigenvalue weighted by atomic mass is 9.92. The molecule has 2 heterocycles. The Morgan fingerprint density at radius 3 is 1.08 bits per heavy atom. The summed E-state index contributed by atoms with van der Waals surface area (Å²) in [6.07, 6.45) is 0. The highest BCUT2D eigenvalue weighted by Gasteiger charge is 2.32. The van der Waals surface area contributed by atoms with Crippen LogP contribution in [0.1, 0.15) is 0 Å². The molecule has 0 bridgehead atoms. The molecule has 0 saturated carbocycles. The van der Waals surface area contributed by atoms with Crippen LogP contribution in [-0.2, 0) is 0 Å². The maximum absolute atomic E-state index is 6.72. The average molecular weight is 663 g/mol. The van der Waals surface area contributed by atoms with Crippen LogP contribution in [0.3, 0.4) is 0 Å². The van der Waals surface area contributed by atoms with Crippen LogP contribution >= 0.6 is 17.2 Å². The van der Waals surface area contributed by atoms with Gasteiger partial charge in [-0.3, -0.25) is 0 Å². The van der Waals surface area contributed by atoms with Crippen molar-refractivity contribution in [2.24, 2.45) is 0 Å². The molecule has 0 aromatic heterocycles. The molecule has 0 amide bonds. The van der Waals surface area contributed by atoms with Gasteiger partial charge in [0.05, 0.1) is 10.8 Å². The highest BCUT2D eigenvalue weighted by molar-refractivity contribution is 7.43. The summed E-state index contributed by atoms with van der Waals surface area (Å²) in [7, 11) is -3.65. The number of hydrogen-bond acceptors (Lipinski definition) is 6. The summed E-state index contributed by atoms with van der Waals surface area (Å²) in [5, 5.41) is 8.11. The Bertz CT molecular complexity index is 2310. The minimum atomic E-state index is -1.83. The van der Waals surface area contributed by atoms with Gasteiger partial charge in [-0.25, -0.2) is 0 Å². The molecule has 8 heteroatoms. The molecule has 0 fully saturated rings. The Hall–Kier alpha value is -5.54. The van der Waals surface area contributed by atoms with Crippen LogP contribution in [0.25, 0.3) is 54.2 Å². The van der Waals surface area contributed by atoms with Crippen molar-refractivity contribution in [3.05, 3.63) is 146 Å². The first-order chi connectivity index (χ1) is 23.8. The molecule has 2 aliphatic rings. The molecule has 10 rings (SSSR count). The van der Waals surface area contributed by atoms with E-state index in [4.69, 9.17) is 27.1 Å². The predicted octanol–water partition coefficient (Wildman–Crippen LogP) is 12.1. The smallest absolute Gasteiger partial charge is 0.408 e. The van der Waals surface area contributed by atoms with Crippen molar-refractivity contribution in [3.63, 3.8) is 0 Å². The summed E-state index contributed by atoms with van der Waals surface area (Å²) in [5.74, 6) is 4.17. The van der Waals surface area contributed by atoms with Gasteiger partial charge in [0, 0.05) is 11.1 Å². The number of hydrogen-bond donors (Lipinski definition) is 0. The van der Waals surface area contributed by atoms with E-state index in [1.165, 1.54) is 0 Å². The zero-order valence-electron chi connectivity index (χ0n) is 25.2. The van der Waals surface area contributed by atoms with Gasteiger partial charge in [0.1, 0.15) is 34.5 Å². The number of fused-ring (bicyclic) bond motifs is 2. The highest BCUT2D eigenvalue weighted by Crippen LogP contribution is 2.57. The van der Waals surface area contributed by atoms with E-state index in [0.717, 1.165) is 77.2 Å². The van der Waals surface area contributed by atoms with Gasteiger partial charge in [-0.2, -0.15) is 0 Å². The molecule has 0 atom stereocenters. The summed E-state index contributed by atoms with van der Waals surface area (Å²) in [6.45, 7) is 0. The predicted molar refractivity (Wildman–Crippen MR) is 192 cm³/mol. The van der Waals surface area contributed by atoms with E-state index in [-0.39, 0.29) is 0 Å². The van der Waals surface area contributed by atoms with Gasteiger partial charge < -0.3 is 27.1 Å². The van der Waals surface area contributed by atoms with Gasteiger partial charge in [0.25, 0.3) is 0 Å². The van der Waals surface area contributed by atoms with E-state index in [2.05, 4.69) is 36.4 Å². The van der Waals surface area contributed by atoms with Crippen molar-refractivity contribution in [3.8, 4) is 45.6 Å². The zero-order valence-corrected chi connectivity index (χ0v) is 27.0. The van der Waals surface area contributed by atoms with E-state index >= 15 is 0 Å². The second-order valence-corrected chi connectivity index (χ2v) is 13.5. The molecule has 0 aliphatic carbocycles. The van der Waals surface area contributed by atoms with E-state index in [1.54, 1.807) is 0 Å². The molecule has 230 valence electrons. The topological polar surface area (TPSA) is 55.4 Å². The zero-order chi connectivity index (χ0) is 31.6. The van der Waals surface area contributed by atoms with Crippen molar-refractivity contribution >= 4 is 60.3 Å². The summed E-state index contributed by atoms with van der Waals surface area (Å²) < 4.78 is 38.9. The fraction of sp³-hybridized carbons (Fsp3) is 0. The third kappa shape index (κ3) is 4.49. The standard InChI is InChI=1S/C40H24O6P2/c1-3-15-29-25(9-1)21-23-35(45-47-41-31-17-5-11-27-12-6-18-32(42-47)37(27)31)39(29)40-30-16-4-2-10-26(30)22-24-36(40)46-48-43-33-19-7-13-28-14-8-20-34(44-48)38(28)33/h1-24H. The lowest BCUT2D eigenvalue weighted by Gasteiger charge is -2.27. The van der Waals surface area contributed by atoms with E-state index in [0.29, 0.717) is 11.5 Å². The Kier molecular flexibility index (Phi) is 6.33. The first-order valence-corrected chi connectivity index (χ1v) is 17.7. The van der Waals surface area contributed by atoms with Crippen LogP contribution in [0.4, 0.5) is 0 Å². The van der Waals surface area contributed by atoms with Crippen LogP contribution in [0.5, 0.6) is 34.5 Å². The molecule has 8 aromatic carbocycles. The lowest BCUT2D eigenvalue weighted by Crippen LogP contribution is -2.08. The second-order valence-electron chi connectivity index (χ2n) is 11.5. The second kappa shape index (κ2) is 11.0. The Balaban J connectivity index is 1.11. The van der Waals surface area contributed by atoms with Crippen LogP contribution in [-0.4, -0.2) is 0 Å². The average Bonchev–Trinajstić information content (AvgIpc) is 3.12. The Morgan fingerprint density at radius 2 is 0.688 bits per heavy atom. The molecule has 0 spiro atoms. The fourth-order valence-corrected chi connectivity index (χ4v) is 8.72. The van der Waals surface area contributed by atoms with Crippen LogP contribution in [0, 0.1) is 0 Å². The molecule has 0 radical (unpaired) electrons. The first-order valence-electron chi connectivity index (χ1n) is 15.5. The van der Waals surface area contributed by atoms with Gasteiger partial charge in [-0.05, 0) is 68.7 Å².